The monoisotopic (exact) mass is 267 g/mol. The lowest BCUT2D eigenvalue weighted by Gasteiger charge is -2.33. The van der Waals surface area contributed by atoms with E-state index in [0.29, 0.717) is 17.6 Å². The Hall–Kier alpha value is -1.63. The van der Waals surface area contributed by atoms with Gasteiger partial charge in [-0.1, -0.05) is 0 Å². The first-order chi connectivity index (χ1) is 8.91. The summed E-state index contributed by atoms with van der Waals surface area (Å²) in [5.41, 5.74) is 0.627. The maximum Gasteiger partial charge on any atom is 0.333 e. The predicted octanol–water partition coefficient (Wildman–Crippen LogP) is 1.48. The SMILES string of the molecule is Cc1nn(C(C)C)c(N2CCN[C@H](C)C2)c1[N+](=O)[O-]. The van der Waals surface area contributed by atoms with Crippen molar-refractivity contribution in [2.75, 3.05) is 24.5 Å². The normalized spacial score (nSPS) is 20.1. The summed E-state index contributed by atoms with van der Waals surface area (Å²) in [6.07, 6.45) is 0. The van der Waals surface area contributed by atoms with Crippen molar-refractivity contribution in [3.63, 3.8) is 0 Å². The van der Waals surface area contributed by atoms with Gasteiger partial charge in [-0.05, 0) is 27.7 Å². The largest absolute Gasteiger partial charge is 0.348 e. The fourth-order valence-corrected chi connectivity index (χ4v) is 2.52. The van der Waals surface area contributed by atoms with Crippen LogP contribution < -0.4 is 10.2 Å². The maximum absolute atomic E-state index is 11.3. The van der Waals surface area contributed by atoms with Crippen molar-refractivity contribution in [3.8, 4) is 0 Å². The quantitative estimate of drug-likeness (QED) is 0.663. The fraction of sp³-hybridized carbons (Fsp3) is 0.750. The molecule has 0 bridgehead atoms. The minimum Gasteiger partial charge on any atom is -0.348 e. The topological polar surface area (TPSA) is 76.2 Å². The lowest BCUT2D eigenvalue weighted by molar-refractivity contribution is -0.384. The average molecular weight is 267 g/mol. The minimum atomic E-state index is -0.316. The van der Waals surface area contributed by atoms with E-state index in [2.05, 4.69) is 22.2 Å². The predicted molar refractivity (Wildman–Crippen MR) is 73.7 cm³/mol. The molecule has 0 unspecified atom stereocenters. The number of aryl methyl sites for hydroxylation is 1. The highest BCUT2D eigenvalue weighted by Gasteiger charge is 2.32. The van der Waals surface area contributed by atoms with Crippen LogP contribution in [-0.4, -0.2) is 40.4 Å². The third-order valence-corrected chi connectivity index (χ3v) is 3.37. The first-order valence-electron chi connectivity index (χ1n) is 6.63. The summed E-state index contributed by atoms with van der Waals surface area (Å²) in [4.78, 5) is 13.1. The molecule has 0 radical (unpaired) electrons. The number of nitrogens with one attached hydrogen (secondary N) is 1. The first-order valence-corrected chi connectivity index (χ1v) is 6.63. The molecule has 0 aromatic carbocycles. The molecule has 1 aromatic rings. The van der Waals surface area contributed by atoms with Crippen LogP contribution in [-0.2, 0) is 0 Å². The summed E-state index contributed by atoms with van der Waals surface area (Å²) in [5, 5.41) is 19.0. The van der Waals surface area contributed by atoms with Gasteiger partial charge in [0, 0.05) is 31.7 Å². The smallest absolute Gasteiger partial charge is 0.333 e. The van der Waals surface area contributed by atoms with Crippen LogP contribution in [0.15, 0.2) is 0 Å². The van der Waals surface area contributed by atoms with E-state index in [1.165, 1.54) is 0 Å². The molecule has 19 heavy (non-hydrogen) atoms. The molecule has 1 aromatic heterocycles. The van der Waals surface area contributed by atoms with Crippen molar-refractivity contribution in [1.82, 2.24) is 15.1 Å². The molecule has 7 nitrogen and oxygen atoms in total. The van der Waals surface area contributed by atoms with E-state index in [4.69, 9.17) is 0 Å². The Balaban J connectivity index is 2.49. The number of rotatable bonds is 3. The molecule has 2 heterocycles. The van der Waals surface area contributed by atoms with Gasteiger partial charge in [-0.25, -0.2) is 4.68 Å². The molecule has 0 aliphatic carbocycles. The second kappa shape index (κ2) is 5.16. The Labute approximate surface area is 112 Å². The van der Waals surface area contributed by atoms with E-state index in [-0.39, 0.29) is 16.7 Å². The summed E-state index contributed by atoms with van der Waals surface area (Å²) in [5.74, 6) is 0.644. The molecule has 1 aliphatic rings. The third-order valence-electron chi connectivity index (χ3n) is 3.37. The second-order valence-corrected chi connectivity index (χ2v) is 5.35. The van der Waals surface area contributed by atoms with E-state index < -0.39 is 0 Å². The van der Waals surface area contributed by atoms with E-state index >= 15 is 0 Å². The molecular formula is C12H21N5O2. The molecule has 1 saturated heterocycles. The van der Waals surface area contributed by atoms with Crippen LogP contribution in [0.3, 0.4) is 0 Å². The van der Waals surface area contributed by atoms with Gasteiger partial charge in [-0.3, -0.25) is 10.1 Å². The van der Waals surface area contributed by atoms with Crippen molar-refractivity contribution in [3.05, 3.63) is 15.8 Å². The molecule has 7 heteroatoms. The number of aromatic nitrogens is 2. The molecule has 2 rings (SSSR count). The summed E-state index contributed by atoms with van der Waals surface area (Å²) >= 11 is 0. The van der Waals surface area contributed by atoms with Gasteiger partial charge in [0.25, 0.3) is 0 Å². The maximum atomic E-state index is 11.3. The molecule has 1 N–H and O–H groups in total. The summed E-state index contributed by atoms with van der Waals surface area (Å²) in [6.45, 7) is 10.1. The van der Waals surface area contributed by atoms with E-state index in [1.54, 1.807) is 11.6 Å². The zero-order chi connectivity index (χ0) is 14.2. The average Bonchev–Trinajstić information content (AvgIpc) is 2.67. The number of hydrogen-bond donors (Lipinski definition) is 1. The van der Waals surface area contributed by atoms with Gasteiger partial charge in [0.2, 0.25) is 5.82 Å². The van der Waals surface area contributed by atoms with Gasteiger partial charge >= 0.3 is 5.69 Å². The molecule has 1 aliphatic heterocycles. The fourth-order valence-electron chi connectivity index (χ4n) is 2.52. The van der Waals surface area contributed by atoms with Crippen molar-refractivity contribution < 1.29 is 4.92 Å². The standard InChI is InChI=1S/C12H21N5O2/c1-8(2)16-12(11(17(18)19)10(4)14-16)15-6-5-13-9(3)7-15/h8-9,13H,5-7H2,1-4H3/t9-/m1/s1. The van der Waals surface area contributed by atoms with Gasteiger partial charge < -0.3 is 10.2 Å². The highest BCUT2D eigenvalue weighted by Crippen LogP contribution is 2.34. The molecule has 106 valence electrons. The van der Waals surface area contributed by atoms with Crippen LogP contribution in [0.25, 0.3) is 0 Å². The molecule has 0 amide bonds. The van der Waals surface area contributed by atoms with Crippen molar-refractivity contribution >= 4 is 11.5 Å². The lowest BCUT2D eigenvalue weighted by atomic mass is 10.2. The van der Waals surface area contributed by atoms with Gasteiger partial charge in [0.15, 0.2) is 0 Å². The second-order valence-electron chi connectivity index (χ2n) is 5.35. The number of piperazine rings is 1. The minimum absolute atomic E-state index is 0.104. The highest BCUT2D eigenvalue weighted by atomic mass is 16.6. The molecule has 0 spiro atoms. The number of nitro groups is 1. The highest BCUT2D eigenvalue weighted by molar-refractivity contribution is 5.62. The summed E-state index contributed by atoms with van der Waals surface area (Å²) in [7, 11) is 0. The van der Waals surface area contributed by atoms with Crippen LogP contribution >= 0.6 is 0 Å². The Bertz CT molecular complexity index is 483. The van der Waals surface area contributed by atoms with Crippen LogP contribution in [0.5, 0.6) is 0 Å². The molecule has 1 atom stereocenters. The van der Waals surface area contributed by atoms with Crippen LogP contribution in [0.4, 0.5) is 11.5 Å². The zero-order valence-electron chi connectivity index (χ0n) is 11.9. The van der Waals surface area contributed by atoms with Gasteiger partial charge in [0.1, 0.15) is 5.69 Å². The van der Waals surface area contributed by atoms with Gasteiger partial charge in [-0.15, -0.1) is 0 Å². The Morgan fingerprint density at radius 3 is 2.74 bits per heavy atom. The molecule has 1 fully saturated rings. The lowest BCUT2D eigenvalue weighted by Crippen LogP contribution is -2.50. The van der Waals surface area contributed by atoms with Crippen LogP contribution in [0.2, 0.25) is 0 Å². The van der Waals surface area contributed by atoms with Crippen molar-refractivity contribution in [2.24, 2.45) is 0 Å². The first kappa shape index (κ1) is 13.8. The van der Waals surface area contributed by atoms with Crippen molar-refractivity contribution in [1.29, 1.82) is 0 Å². The van der Waals surface area contributed by atoms with Gasteiger partial charge in [0.05, 0.1) is 4.92 Å². The summed E-state index contributed by atoms with van der Waals surface area (Å²) in [6, 6.07) is 0.428. The summed E-state index contributed by atoms with van der Waals surface area (Å²) < 4.78 is 1.77. The Morgan fingerprint density at radius 2 is 2.21 bits per heavy atom. The van der Waals surface area contributed by atoms with Gasteiger partial charge in [-0.2, -0.15) is 5.10 Å². The van der Waals surface area contributed by atoms with Crippen LogP contribution in [0.1, 0.15) is 32.5 Å². The molecular weight excluding hydrogens is 246 g/mol. The van der Waals surface area contributed by atoms with Crippen LogP contribution in [0, 0.1) is 17.0 Å². The number of anilines is 1. The zero-order valence-corrected chi connectivity index (χ0v) is 11.9. The number of hydrogen-bond acceptors (Lipinski definition) is 5. The Kier molecular flexibility index (Phi) is 3.75. The van der Waals surface area contributed by atoms with E-state index in [9.17, 15) is 10.1 Å². The Morgan fingerprint density at radius 1 is 1.53 bits per heavy atom. The molecule has 0 saturated carbocycles. The third kappa shape index (κ3) is 2.56. The van der Waals surface area contributed by atoms with Crippen molar-refractivity contribution in [2.45, 2.75) is 39.8 Å². The number of nitrogens with zero attached hydrogens (tertiary/aromatic N) is 4. The van der Waals surface area contributed by atoms with E-state index in [1.807, 2.05) is 13.8 Å². The van der Waals surface area contributed by atoms with E-state index in [0.717, 1.165) is 19.6 Å².